The van der Waals surface area contributed by atoms with Crippen molar-refractivity contribution in [2.45, 2.75) is 45.3 Å². The molecule has 9 heteroatoms. The first-order valence-electron chi connectivity index (χ1n) is 13.5. The van der Waals surface area contributed by atoms with Crippen molar-refractivity contribution in [3.8, 4) is 0 Å². The summed E-state index contributed by atoms with van der Waals surface area (Å²) in [5.41, 5.74) is 6.26. The third-order valence-corrected chi connectivity index (χ3v) is 10.2. The molecule has 7 nitrogen and oxygen atoms in total. The van der Waals surface area contributed by atoms with Gasteiger partial charge >= 0.3 is 0 Å². The van der Waals surface area contributed by atoms with Gasteiger partial charge in [-0.25, -0.2) is 17.8 Å². The van der Waals surface area contributed by atoms with Gasteiger partial charge in [0, 0.05) is 44.6 Å². The molecule has 3 aromatic rings. The average molecular weight is 552 g/mol. The third-order valence-electron chi connectivity index (χ3n) is 7.74. The molecule has 3 heterocycles. The number of nitrogens with zero attached hydrogens (tertiary/aromatic N) is 4. The normalized spacial score (nSPS) is 16.5. The second-order valence-electron chi connectivity index (χ2n) is 11.7. The lowest BCUT2D eigenvalue weighted by Crippen LogP contribution is -2.44. The molecule has 0 amide bonds. The summed E-state index contributed by atoms with van der Waals surface area (Å²) >= 11 is 0. The Hall–Kier alpha value is -3.17. The van der Waals surface area contributed by atoms with Crippen LogP contribution in [0.5, 0.6) is 0 Å². The molecule has 0 saturated carbocycles. The zero-order valence-corrected chi connectivity index (χ0v) is 24.3. The van der Waals surface area contributed by atoms with E-state index in [-0.39, 0.29) is 5.82 Å². The van der Waals surface area contributed by atoms with Crippen LogP contribution in [0.15, 0.2) is 48.7 Å². The first kappa shape index (κ1) is 27.4. The van der Waals surface area contributed by atoms with Crippen molar-refractivity contribution in [3.63, 3.8) is 0 Å². The highest BCUT2D eigenvalue weighted by molar-refractivity contribution is 7.94. The molecule has 1 aromatic heterocycles. The highest BCUT2D eigenvalue weighted by Gasteiger charge is 2.38. The van der Waals surface area contributed by atoms with Gasteiger partial charge in [0.15, 0.2) is 0 Å². The van der Waals surface area contributed by atoms with Crippen LogP contribution in [0, 0.1) is 12.7 Å². The minimum atomic E-state index is -3.47. The Bertz CT molecular complexity index is 1480. The highest BCUT2D eigenvalue weighted by atomic mass is 32.2. The topological polar surface area (TPSA) is 68.8 Å². The van der Waals surface area contributed by atoms with Crippen LogP contribution in [-0.2, 0) is 22.9 Å². The molecule has 2 aliphatic heterocycles. The van der Waals surface area contributed by atoms with Crippen molar-refractivity contribution >= 4 is 32.9 Å². The molecule has 0 radical (unpaired) electrons. The van der Waals surface area contributed by atoms with E-state index in [1.807, 2.05) is 43.5 Å². The van der Waals surface area contributed by atoms with Crippen LogP contribution >= 0.6 is 0 Å². The minimum absolute atomic E-state index is 0.246. The van der Waals surface area contributed by atoms with Gasteiger partial charge in [-0.1, -0.05) is 12.1 Å². The number of sulfonamides is 1. The molecule has 0 bridgehead atoms. The SMILES string of the molecule is Cc1cnc(Nc2ccc(N3CCN(C)CC3)c(F)c2)cc1Cc1ccc2c(c1)N(S(=O)(=O)C(C)(C)C)CC2. The molecule has 208 valence electrons. The van der Waals surface area contributed by atoms with E-state index in [1.54, 1.807) is 25.1 Å². The number of fused-ring (bicyclic) bond motifs is 1. The predicted molar refractivity (Wildman–Crippen MR) is 157 cm³/mol. The maximum absolute atomic E-state index is 15.0. The van der Waals surface area contributed by atoms with Gasteiger partial charge in [0.2, 0.25) is 10.0 Å². The molecule has 2 aromatic carbocycles. The lowest BCUT2D eigenvalue weighted by atomic mass is 10.00. The monoisotopic (exact) mass is 551 g/mol. The number of anilines is 4. The van der Waals surface area contributed by atoms with Crippen molar-refractivity contribution in [3.05, 3.63) is 76.7 Å². The number of nitrogens with one attached hydrogen (secondary N) is 1. The Morgan fingerprint density at radius 3 is 2.41 bits per heavy atom. The van der Waals surface area contributed by atoms with E-state index >= 15 is 4.39 Å². The number of benzene rings is 2. The average Bonchev–Trinajstić information content (AvgIpc) is 3.30. The first-order valence-corrected chi connectivity index (χ1v) is 15.0. The van der Waals surface area contributed by atoms with Crippen molar-refractivity contribution in [1.29, 1.82) is 0 Å². The summed E-state index contributed by atoms with van der Waals surface area (Å²) in [6.07, 6.45) is 3.17. The lowest BCUT2D eigenvalue weighted by molar-refractivity contribution is 0.311. The smallest absolute Gasteiger partial charge is 0.240 e. The molecule has 1 saturated heterocycles. The van der Waals surface area contributed by atoms with Gasteiger partial charge in [-0.3, -0.25) is 4.31 Å². The first-order chi connectivity index (χ1) is 18.4. The van der Waals surface area contributed by atoms with Crippen LogP contribution in [0.25, 0.3) is 0 Å². The standard InChI is InChI=1S/C30H38FN5O2S/c1-21-20-32-29(33-25-8-9-27(26(31)19-25)35-14-12-34(5)13-15-35)18-24(21)16-22-6-7-23-10-11-36(28(23)17-22)39(37,38)30(2,3)4/h6-9,17-20H,10-16H2,1-5H3,(H,32,33). The van der Waals surface area contributed by atoms with E-state index in [0.717, 1.165) is 60.5 Å². The van der Waals surface area contributed by atoms with Crippen LogP contribution in [0.2, 0.25) is 0 Å². The van der Waals surface area contributed by atoms with E-state index in [0.29, 0.717) is 30.2 Å². The Morgan fingerprint density at radius 1 is 0.974 bits per heavy atom. The molecular formula is C30H38FN5O2S. The molecule has 0 aliphatic carbocycles. The number of aromatic nitrogens is 1. The van der Waals surface area contributed by atoms with E-state index in [4.69, 9.17) is 0 Å². The Morgan fingerprint density at radius 2 is 1.72 bits per heavy atom. The van der Waals surface area contributed by atoms with Crippen molar-refractivity contribution in [2.24, 2.45) is 0 Å². The zero-order valence-electron chi connectivity index (χ0n) is 23.5. The summed E-state index contributed by atoms with van der Waals surface area (Å²) in [6, 6.07) is 13.4. The van der Waals surface area contributed by atoms with Crippen molar-refractivity contribution in [2.75, 3.05) is 54.3 Å². The summed E-state index contributed by atoms with van der Waals surface area (Å²) < 4.78 is 42.1. The Kier molecular flexibility index (Phi) is 7.33. The number of pyridine rings is 1. The van der Waals surface area contributed by atoms with E-state index in [2.05, 4.69) is 33.2 Å². The number of piperazine rings is 1. The fourth-order valence-electron chi connectivity index (χ4n) is 5.17. The summed E-state index contributed by atoms with van der Waals surface area (Å²) in [4.78, 5) is 8.85. The number of hydrogen-bond donors (Lipinski definition) is 1. The van der Waals surface area contributed by atoms with Gasteiger partial charge in [-0.2, -0.15) is 0 Å². The van der Waals surface area contributed by atoms with Gasteiger partial charge in [0.25, 0.3) is 0 Å². The quantitative estimate of drug-likeness (QED) is 0.460. The second-order valence-corrected chi connectivity index (χ2v) is 14.3. The number of likely N-dealkylation sites (N-methyl/N-ethyl adjacent to an activating group) is 1. The molecule has 1 fully saturated rings. The molecule has 0 spiro atoms. The van der Waals surface area contributed by atoms with Crippen LogP contribution in [-0.4, -0.2) is 62.8 Å². The number of halogens is 1. The maximum atomic E-state index is 15.0. The molecule has 5 rings (SSSR count). The van der Waals surface area contributed by atoms with E-state index in [9.17, 15) is 8.42 Å². The van der Waals surface area contributed by atoms with Crippen LogP contribution < -0.4 is 14.5 Å². The zero-order chi connectivity index (χ0) is 27.9. The fraction of sp³-hybridized carbons (Fsp3) is 0.433. The summed E-state index contributed by atoms with van der Waals surface area (Å²) in [6.45, 7) is 11.2. The predicted octanol–water partition coefficient (Wildman–Crippen LogP) is 5.11. The summed E-state index contributed by atoms with van der Waals surface area (Å²) in [5.74, 6) is 0.394. The number of rotatable bonds is 6. The molecule has 0 unspecified atom stereocenters. The van der Waals surface area contributed by atoms with Gasteiger partial charge in [-0.05, 0) is 100 Å². The van der Waals surface area contributed by atoms with Crippen LogP contribution in [0.1, 0.15) is 43.0 Å². The van der Waals surface area contributed by atoms with Crippen molar-refractivity contribution < 1.29 is 12.8 Å². The summed E-state index contributed by atoms with van der Waals surface area (Å²) in [7, 11) is -1.38. The second kappa shape index (κ2) is 10.4. The van der Waals surface area contributed by atoms with Crippen LogP contribution in [0.3, 0.4) is 0 Å². The van der Waals surface area contributed by atoms with Gasteiger partial charge in [0.1, 0.15) is 11.6 Å². The maximum Gasteiger partial charge on any atom is 0.240 e. The molecule has 0 atom stereocenters. The molecular weight excluding hydrogens is 513 g/mol. The van der Waals surface area contributed by atoms with E-state index in [1.165, 1.54) is 6.07 Å². The van der Waals surface area contributed by atoms with Gasteiger partial charge in [0.05, 0.1) is 16.1 Å². The fourth-order valence-corrected chi connectivity index (χ4v) is 6.59. The van der Waals surface area contributed by atoms with Gasteiger partial charge in [-0.15, -0.1) is 0 Å². The number of aryl methyl sites for hydroxylation is 1. The molecule has 1 N–H and O–H groups in total. The van der Waals surface area contributed by atoms with Gasteiger partial charge < -0.3 is 15.1 Å². The molecule has 2 aliphatic rings. The molecule has 39 heavy (non-hydrogen) atoms. The largest absolute Gasteiger partial charge is 0.367 e. The third kappa shape index (κ3) is 5.61. The van der Waals surface area contributed by atoms with Crippen LogP contribution in [0.4, 0.5) is 27.3 Å². The highest BCUT2D eigenvalue weighted by Crippen LogP contribution is 2.36. The van der Waals surface area contributed by atoms with Crippen molar-refractivity contribution in [1.82, 2.24) is 9.88 Å². The Balaban J connectivity index is 1.34. The lowest BCUT2D eigenvalue weighted by Gasteiger charge is -2.34. The Labute approximate surface area is 231 Å². The summed E-state index contributed by atoms with van der Waals surface area (Å²) in [5, 5.41) is 3.26. The minimum Gasteiger partial charge on any atom is -0.367 e. The van der Waals surface area contributed by atoms with E-state index < -0.39 is 14.8 Å². The number of hydrogen-bond acceptors (Lipinski definition) is 6.